The lowest BCUT2D eigenvalue weighted by molar-refractivity contribution is -0.127. The van der Waals surface area contributed by atoms with Crippen LogP contribution in [-0.4, -0.2) is 69.6 Å². The van der Waals surface area contributed by atoms with Crippen LogP contribution in [0.15, 0.2) is 0 Å². The van der Waals surface area contributed by atoms with Crippen molar-refractivity contribution in [2.24, 2.45) is 0 Å². The van der Waals surface area contributed by atoms with Crippen LogP contribution in [0.3, 0.4) is 0 Å². The molecule has 2 fully saturated rings. The zero-order chi connectivity index (χ0) is 11.9. The maximum absolute atomic E-state index is 10.9. The fourth-order valence-electron chi connectivity index (χ4n) is 2.71. The van der Waals surface area contributed by atoms with Crippen LogP contribution in [0.2, 0.25) is 0 Å². The first-order chi connectivity index (χ1) is 7.50. The number of hydrogen-bond acceptors (Lipinski definition) is 5. The SMILES string of the molecule is CC(=O)N[C@H]1CN2CC[C@H](O)C2[C@@H](O)[C@@H]1O. The summed E-state index contributed by atoms with van der Waals surface area (Å²) in [5, 5.41) is 32.0. The molecule has 0 aromatic carbocycles. The third-order valence-electron chi connectivity index (χ3n) is 3.46. The van der Waals surface area contributed by atoms with Gasteiger partial charge in [0.05, 0.1) is 24.3 Å². The van der Waals surface area contributed by atoms with Gasteiger partial charge in [-0.05, 0) is 6.42 Å². The van der Waals surface area contributed by atoms with Crippen molar-refractivity contribution in [3.05, 3.63) is 0 Å². The van der Waals surface area contributed by atoms with E-state index in [9.17, 15) is 20.1 Å². The van der Waals surface area contributed by atoms with Crippen LogP contribution in [0.25, 0.3) is 0 Å². The normalized spacial score (nSPS) is 44.1. The Balaban J connectivity index is 2.09. The molecule has 0 aliphatic carbocycles. The molecule has 6 nitrogen and oxygen atoms in total. The van der Waals surface area contributed by atoms with Crippen molar-refractivity contribution in [1.29, 1.82) is 0 Å². The first kappa shape index (κ1) is 11.8. The van der Waals surface area contributed by atoms with Crippen molar-refractivity contribution in [3.8, 4) is 0 Å². The molecule has 0 aromatic heterocycles. The number of nitrogens with one attached hydrogen (secondary N) is 1. The third kappa shape index (κ3) is 1.93. The first-order valence-electron chi connectivity index (χ1n) is 5.56. The summed E-state index contributed by atoms with van der Waals surface area (Å²) in [4.78, 5) is 12.9. The fraction of sp³-hybridized carbons (Fsp3) is 0.900. The van der Waals surface area contributed by atoms with Crippen molar-refractivity contribution in [1.82, 2.24) is 10.2 Å². The minimum absolute atomic E-state index is 0.227. The van der Waals surface area contributed by atoms with Gasteiger partial charge < -0.3 is 20.6 Å². The van der Waals surface area contributed by atoms with Crippen molar-refractivity contribution in [2.45, 2.75) is 43.7 Å². The van der Waals surface area contributed by atoms with Gasteiger partial charge in [0.2, 0.25) is 5.91 Å². The van der Waals surface area contributed by atoms with Crippen molar-refractivity contribution in [2.75, 3.05) is 13.1 Å². The van der Waals surface area contributed by atoms with Crippen LogP contribution in [0.1, 0.15) is 13.3 Å². The highest BCUT2D eigenvalue weighted by atomic mass is 16.3. The summed E-state index contributed by atoms with van der Waals surface area (Å²) in [6.45, 7) is 2.54. The Morgan fingerprint density at radius 2 is 2.00 bits per heavy atom. The van der Waals surface area contributed by atoms with E-state index in [1.165, 1.54) is 6.92 Å². The molecule has 0 aromatic rings. The molecule has 0 bridgehead atoms. The second kappa shape index (κ2) is 4.29. The second-order valence-corrected chi connectivity index (χ2v) is 4.63. The number of amides is 1. The van der Waals surface area contributed by atoms with Gasteiger partial charge in [0.25, 0.3) is 0 Å². The van der Waals surface area contributed by atoms with Gasteiger partial charge in [-0.15, -0.1) is 0 Å². The summed E-state index contributed by atoms with van der Waals surface area (Å²) in [6.07, 6.45) is -2.02. The largest absolute Gasteiger partial charge is 0.391 e. The Hall–Kier alpha value is -0.690. The monoisotopic (exact) mass is 230 g/mol. The highest BCUT2D eigenvalue weighted by molar-refractivity contribution is 5.73. The summed E-state index contributed by atoms with van der Waals surface area (Å²) in [7, 11) is 0. The Morgan fingerprint density at radius 1 is 1.31 bits per heavy atom. The van der Waals surface area contributed by atoms with Gasteiger partial charge in [-0.1, -0.05) is 0 Å². The predicted octanol–water partition coefficient (Wildman–Crippen LogP) is -2.34. The van der Waals surface area contributed by atoms with Gasteiger partial charge >= 0.3 is 0 Å². The summed E-state index contributed by atoms with van der Waals surface area (Å²) < 4.78 is 0. The predicted molar refractivity (Wildman–Crippen MR) is 55.6 cm³/mol. The topological polar surface area (TPSA) is 93.0 Å². The molecule has 2 heterocycles. The van der Waals surface area contributed by atoms with E-state index in [0.29, 0.717) is 19.5 Å². The zero-order valence-corrected chi connectivity index (χ0v) is 9.21. The Labute approximate surface area is 93.9 Å². The van der Waals surface area contributed by atoms with E-state index in [-0.39, 0.29) is 5.91 Å². The zero-order valence-electron chi connectivity index (χ0n) is 9.21. The average molecular weight is 230 g/mol. The summed E-state index contributed by atoms with van der Waals surface area (Å²) in [6, 6.07) is -0.867. The molecule has 5 atom stereocenters. The first-order valence-corrected chi connectivity index (χ1v) is 5.56. The van der Waals surface area contributed by atoms with E-state index < -0.39 is 30.4 Å². The molecule has 2 aliphatic heterocycles. The van der Waals surface area contributed by atoms with Gasteiger partial charge in [-0.25, -0.2) is 0 Å². The Morgan fingerprint density at radius 3 is 2.62 bits per heavy atom. The van der Waals surface area contributed by atoms with Gasteiger partial charge in [-0.2, -0.15) is 0 Å². The van der Waals surface area contributed by atoms with E-state index in [4.69, 9.17) is 0 Å². The quantitative estimate of drug-likeness (QED) is 0.405. The maximum Gasteiger partial charge on any atom is 0.217 e. The lowest BCUT2D eigenvalue weighted by Crippen LogP contribution is -2.65. The summed E-state index contributed by atoms with van der Waals surface area (Å²) in [5.74, 6) is -0.227. The number of aliphatic hydroxyl groups is 3. The summed E-state index contributed by atoms with van der Waals surface area (Å²) >= 11 is 0. The van der Waals surface area contributed by atoms with Gasteiger partial charge in [0.15, 0.2) is 0 Å². The van der Waals surface area contributed by atoms with Crippen molar-refractivity contribution in [3.63, 3.8) is 0 Å². The van der Waals surface area contributed by atoms with E-state index in [1.807, 2.05) is 4.90 Å². The minimum Gasteiger partial charge on any atom is -0.391 e. The van der Waals surface area contributed by atoms with E-state index in [0.717, 1.165) is 0 Å². The third-order valence-corrected chi connectivity index (χ3v) is 3.46. The summed E-state index contributed by atoms with van der Waals surface area (Å²) in [5.41, 5.74) is 0. The lowest BCUT2D eigenvalue weighted by atomic mass is 9.91. The average Bonchev–Trinajstić information content (AvgIpc) is 2.55. The highest BCUT2D eigenvalue weighted by Crippen LogP contribution is 2.28. The highest BCUT2D eigenvalue weighted by Gasteiger charge is 2.48. The number of carbonyl (C=O) groups is 1. The molecule has 2 saturated heterocycles. The van der Waals surface area contributed by atoms with Crippen LogP contribution in [0.5, 0.6) is 0 Å². The number of hydrogen-bond donors (Lipinski definition) is 4. The van der Waals surface area contributed by atoms with Gasteiger partial charge in [-0.3, -0.25) is 9.69 Å². The van der Waals surface area contributed by atoms with Crippen molar-refractivity contribution < 1.29 is 20.1 Å². The van der Waals surface area contributed by atoms with Crippen molar-refractivity contribution >= 4 is 5.91 Å². The van der Waals surface area contributed by atoms with Crippen LogP contribution in [-0.2, 0) is 4.79 Å². The van der Waals surface area contributed by atoms with Gasteiger partial charge in [0.1, 0.15) is 6.10 Å². The molecule has 4 N–H and O–H groups in total. The molecule has 6 heteroatoms. The molecule has 0 radical (unpaired) electrons. The molecule has 1 amide bonds. The standard InChI is InChI=1S/C10H18N2O4/c1-5(13)11-6-4-12-3-2-7(14)8(12)10(16)9(6)15/h6-10,14-16H,2-4H2,1H3,(H,11,13)/t6-,7-,8?,9+,10+/m0/s1. The molecule has 0 spiro atoms. The molecule has 92 valence electrons. The molecule has 0 saturated carbocycles. The number of carbonyl (C=O) groups excluding carboxylic acids is 1. The molecule has 2 aliphatic rings. The van der Waals surface area contributed by atoms with Crippen LogP contribution in [0.4, 0.5) is 0 Å². The number of fused-ring (bicyclic) bond motifs is 1. The fourth-order valence-corrected chi connectivity index (χ4v) is 2.71. The number of nitrogens with zero attached hydrogens (tertiary/aromatic N) is 1. The Kier molecular flexibility index (Phi) is 3.16. The Bertz CT molecular complexity index is 286. The number of piperidine rings is 1. The smallest absolute Gasteiger partial charge is 0.217 e. The number of rotatable bonds is 1. The molecule has 16 heavy (non-hydrogen) atoms. The lowest BCUT2D eigenvalue weighted by Gasteiger charge is -2.42. The van der Waals surface area contributed by atoms with Crippen LogP contribution < -0.4 is 5.32 Å². The number of aliphatic hydroxyl groups excluding tert-OH is 3. The second-order valence-electron chi connectivity index (χ2n) is 4.63. The molecule has 2 rings (SSSR count). The molecular formula is C10H18N2O4. The van der Waals surface area contributed by atoms with Crippen LogP contribution in [0, 0.1) is 0 Å². The molecular weight excluding hydrogens is 212 g/mol. The minimum atomic E-state index is -1.02. The maximum atomic E-state index is 10.9. The van der Waals surface area contributed by atoms with Gasteiger partial charge in [0, 0.05) is 20.0 Å². The van der Waals surface area contributed by atoms with E-state index >= 15 is 0 Å². The molecule has 1 unspecified atom stereocenters. The van der Waals surface area contributed by atoms with Crippen LogP contribution >= 0.6 is 0 Å². The van der Waals surface area contributed by atoms with E-state index in [2.05, 4.69) is 5.32 Å². The van der Waals surface area contributed by atoms with E-state index in [1.54, 1.807) is 0 Å².